The number of methoxy groups -OCH3 is 1. The predicted octanol–water partition coefficient (Wildman–Crippen LogP) is 3.92. The summed E-state index contributed by atoms with van der Waals surface area (Å²) in [6.07, 6.45) is 3.52. The molecule has 1 heterocycles. The van der Waals surface area contributed by atoms with Crippen LogP contribution in [0.5, 0.6) is 0 Å². The number of nitrogens with zero attached hydrogens (tertiary/aromatic N) is 1. The van der Waals surface area contributed by atoms with Crippen LogP contribution in [-0.4, -0.2) is 48.8 Å². The van der Waals surface area contributed by atoms with Crippen molar-refractivity contribution in [1.29, 1.82) is 0 Å². The van der Waals surface area contributed by atoms with Crippen LogP contribution in [0.3, 0.4) is 0 Å². The largest absolute Gasteiger partial charge is 0.460 e. The molecule has 1 amide bonds. The minimum atomic E-state index is -0.431. The fourth-order valence-electron chi connectivity index (χ4n) is 3.49. The number of unbranched alkanes of at least 4 members (excludes halogenated alkanes) is 2. The molecular formula is C23H33N3O4S. The Labute approximate surface area is 190 Å². The van der Waals surface area contributed by atoms with Crippen LogP contribution >= 0.6 is 12.2 Å². The van der Waals surface area contributed by atoms with Gasteiger partial charge in [-0.3, -0.25) is 4.79 Å². The molecule has 0 spiro atoms. The van der Waals surface area contributed by atoms with Gasteiger partial charge in [-0.15, -0.1) is 0 Å². The van der Waals surface area contributed by atoms with Crippen molar-refractivity contribution in [2.24, 2.45) is 0 Å². The number of hydrogen-bond acceptors (Lipinski definition) is 5. The third-order valence-electron chi connectivity index (χ3n) is 5.19. The molecule has 0 radical (unpaired) electrons. The molecule has 8 heteroatoms. The molecule has 1 atom stereocenters. The van der Waals surface area contributed by atoms with Crippen LogP contribution in [0, 0.1) is 0 Å². The molecule has 1 aliphatic heterocycles. The fourth-order valence-corrected chi connectivity index (χ4v) is 3.87. The standard InChI is InChI=1S/C23H33N3O4S/c1-5-7-8-9-19(27)24-18-12-10-17(11-13-18)21-20(22(28)30-15-14-29-4)16(3)26(6-2)23(31)25-21/h10-13,21H,5-9,14-15H2,1-4H3,(H,24,27)(H,25,31). The summed E-state index contributed by atoms with van der Waals surface area (Å²) in [5, 5.41) is 6.74. The van der Waals surface area contributed by atoms with Gasteiger partial charge in [0.1, 0.15) is 6.61 Å². The highest BCUT2D eigenvalue weighted by Crippen LogP contribution is 2.32. The minimum Gasteiger partial charge on any atom is -0.460 e. The average molecular weight is 448 g/mol. The van der Waals surface area contributed by atoms with Crippen LogP contribution in [0.4, 0.5) is 5.69 Å². The zero-order valence-corrected chi connectivity index (χ0v) is 19.6. The first-order valence-corrected chi connectivity index (χ1v) is 11.2. The van der Waals surface area contributed by atoms with Gasteiger partial charge in [-0.05, 0) is 50.2 Å². The van der Waals surface area contributed by atoms with Gasteiger partial charge in [-0.1, -0.05) is 31.9 Å². The van der Waals surface area contributed by atoms with E-state index in [9.17, 15) is 9.59 Å². The van der Waals surface area contributed by atoms with Gasteiger partial charge < -0.3 is 25.0 Å². The zero-order valence-electron chi connectivity index (χ0n) is 18.8. The second-order valence-corrected chi connectivity index (χ2v) is 7.77. The number of hydrogen-bond donors (Lipinski definition) is 2. The van der Waals surface area contributed by atoms with Crippen molar-refractivity contribution in [3.8, 4) is 0 Å². The Bertz CT molecular complexity index is 808. The van der Waals surface area contributed by atoms with E-state index in [-0.39, 0.29) is 12.5 Å². The Balaban J connectivity index is 2.21. The summed E-state index contributed by atoms with van der Waals surface area (Å²) < 4.78 is 10.4. The van der Waals surface area contributed by atoms with E-state index in [0.29, 0.717) is 30.3 Å². The van der Waals surface area contributed by atoms with Crippen molar-refractivity contribution in [2.45, 2.75) is 52.5 Å². The summed E-state index contributed by atoms with van der Waals surface area (Å²) in [5.74, 6) is -0.392. The van der Waals surface area contributed by atoms with E-state index in [2.05, 4.69) is 17.6 Å². The molecule has 7 nitrogen and oxygen atoms in total. The van der Waals surface area contributed by atoms with Crippen molar-refractivity contribution in [3.63, 3.8) is 0 Å². The molecule has 0 fully saturated rings. The topological polar surface area (TPSA) is 79.9 Å². The first-order valence-electron chi connectivity index (χ1n) is 10.8. The Kier molecular flexibility index (Phi) is 9.94. The molecule has 2 N–H and O–H groups in total. The average Bonchev–Trinajstić information content (AvgIpc) is 2.74. The molecule has 1 aromatic carbocycles. The van der Waals surface area contributed by atoms with Crippen molar-refractivity contribution in [2.75, 3.05) is 32.2 Å². The molecule has 0 aliphatic carbocycles. The Morgan fingerprint density at radius 3 is 2.48 bits per heavy atom. The normalized spacial score (nSPS) is 16.2. The Morgan fingerprint density at radius 2 is 1.87 bits per heavy atom. The molecule has 2 rings (SSSR count). The van der Waals surface area contributed by atoms with E-state index >= 15 is 0 Å². The number of allylic oxidation sites excluding steroid dienone is 1. The fraction of sp³-hybridized carbons (Fsp3) is 0.522. The molecule has 0 saturated carbocycles. The third-order valence-corrected chi connectivity index (χ3v) is 5.53. The maximum atomic E-state index is 12.9. The van der Waals surface area contributed by atoms with Crippen LogP contribution in [0.2, 0.25) is 0 Å². The molecule has 1 unspecified atom stereocenters. The van der Waals surface area contributed by atoms with Gasteiger partial charge >= 0.3 is 5.97 Å². The summed E-state index contributed by atoms with van der Waals surface area (Å²) in [6, 6.07) is 7.03. The van der Waals surface area contributed by atoms with E-state index in [0.717, 1.165) is 36.2 Å². The van der Waals surface area contributed by atoms with Crippen molar-refractivity contribution < 1.29 is 19.1 Å². The lowest BCUT2D eigenvalue weighted by molar-refractivity contribution is -0.140. The van der Waals surface area contributed by atoms with Crippen molar-refractivity contribution in [3.05, 3.63) is 41.1 Å². The summed E-state index contributed by atoms with van der Waals surface area (Å²) in [4.78, 5) is 26.8. The van der Waals surface area contributed by atoms with Gasteiger partial charge in [0.25, 0.3) is 0 Å². The molecular weight excluding hydrogens is 414 g/mol. The second kappa shape index (κ2) is 12.4. The van der Waals surface area contributed by atoms with Crippen LogP contribution in [0.15, 0.2) is 35.5 Å². The first kappa shape index (κ1) is 24.8. The minimum absolute atomic E-state index is 0.00917. The van der Waals surface area contributed by atoms with E-state index < -0.39 is 12.0 Å². The van der Waals surface area contributed by atoms with Gasteiger partial charge in [0, 0.05) is 31.5 Å². The van der Waals surface area contributed by atoms with Crippen LogP contribution in [0.25, 0.3) is 0 Å². The van der Waals surface area contributed by atoms with Crippen LogP contribution in [-0.2, 0) is 19.1 Å². The quantitative estimate of drug-likeness (QED) is 0.302. The number of thiocarbonyl (C=S) groups is 1. The molecule has 0 aromatic heterocycles. The van der Waals surface area contributed by atoms with E-state index in [1.165, 1.54) is 0 Å². The maximum Gasteiger partial charge on any atom is 0.338 e. The van der Waals surface area contributed by atoms with Gasteiger partial charge in [0.2, 0.25) is 5.91 Å². The first-order chi connectivity index (χ1) is 14.9. The van der Waals surface area contributed by atoms with Gasteiger partial charge in [0.05, 0.1) is 18.2 Å². The molecule has 31 heavy (non-hydrogen) atoms. The number of ether oxygens (including phenoxy) is 2. The van der Waals surface area contributed by atoms with Gasteiger partial charge in [-0.2, -0.15) is 0 Å². The number of carbonyl (C=O) groups is 2. The third kappa shape index (κ3) is 6.77. The highest BCUT2D eigenvalue weighted by Gasteiger charge is 2.34. The molecule has 1 aliphatic rings. The summed E-state index contributed by atoms with van der Waals surface area (Å²) >= 11 is 5.51. The van der Waals surface area contributed by atoms with Crippen molar-refractivity contribution >= 4 is 34.9 Å². The highest BCUT2D eigenvalue weighted by molar-refractivity contribution is 7.80. The monoisotopic (exact) mass is 447 g/mol. The Morgan fingerprint density at radius 1 is 1.16 bits per heavy atom. The molecule has 170 valence electrons. The summed E-state index contributed by atoms with van der Waals surface area (Å²) in [7, 11) is 1.56. The van der Waals surface area contributed by atoms with Gasteiger partial charge in [0.15, 0.2) is 5.11 Å². The zero-order chi connectivity index (χ0) is 22.8. The van der Waals surface area contributed by atoms with E-state index in [4.69, 9.17) is 21.7 Å². The number of esters is 1. The number of benzene rings is 1. The highest BCUT2D eigenvalue weighted by atomic mass is 32.1. The SMILES string of the molecule is CCCCCC(=O)Nc1ccc(C2NC(=S)N(CC)C(C)=C2C(=O)OCCOC)cc1. The van der Waals surface area contributed by atoms with E-state index in [1.807, 2.05) is 43.0 Å². The summed E-state index contributed by atoms with van der Waals surface area (Å²) in [5.41, 5.74) is 2.87. The van der Waals surface area contributed by atoms with Gasteiger partial charge in [-0.25, -0.2) is 4.79 Å². The number of anilines is 1. The van der Waals surface area contributed by atoms with E-state index in [1.54, 1.807) is 7.11 Å². The van der Waals surface area contributed by atoms with Crippen molar-refractivity contribution in [1.82, 2.24) is 10.2 Å². The maximum absolute atomic E-state index is 12.9. The molecule has 0 bridgehead atoms. The number of carbonyl (C=O) groups excluding carboxylic acids is 2. The Hall–Kier alpha value is -2.45. The predicted molar refractivity (Wildman–Crippen MR) is 126 cm³/mol. The molecule has 1 aromatic rings. The second-order valence-electron chi connectivity index (χ2n) is 7.38. The number of amides is 1. The lowest BCUT2D eigenvalue weighted by Gasteiger charge is -2.37. The smallest absolute Gasteiger partial charge is 0.338 e. The number of rotatable bonds is 11. The lowest BCUT2D eigenvalue weighted by atomic mass is 9.95. The van der Waals surface area contributed by atoms with Crippen LogP contribution < -0.4 is 10.6 Å². The molecule has 0 saturated heterocycles. The van der Waals surface area contributed by atoms with Crippen LogP contribution in [0.1, 0.15) is 58.1 Å². The summed E-state index contributed by atoms with van der Waals surface area (Å²) in [6.45, 7) is 7.11. The number of nitrogens with one attached hydrogen (secondary N) is 2. The lowest BCUT2D eigenvalue weighted by Crippen LogP contribution is -2.47.